The Labute approximate surface area is 109 Å². The van der Waals surface area contributed by atoms with Crippen molar-refractivity contribution in [2.24, 2.45) is 0 Å². The number of aliphatic hydroxyl groups is 4. The normalized spacial score (nSPS) is 10.2. The molecule has 112 valence electrons. The fraction of sp³-hybridized carbons (Fsp3) is 0.667. The third kappa shape index (κ3) is 36.3. The number of rotatable bonds is 0. The number of hydrogen-bond acceptors (Lipinski definition) is 6. The lowest BCUT2D eigenvalue weighted by atomic mass is 10.4. The summed E-state index contributed by atoms with van der Waals surface area (Å²) in [5.74, 6) is 0. The summed E-state index contributed by atoms with van der Waals surface area (Å²) in [5, 5.41) is 28.0. The molecule has 1 aromatic heterocycles. The third-order valence-corrected chi connectivity index (χ3v) is 1.25. The molecule has 1 aliphatic heterocycles. The zero-order valence-electron chi connectivity index (χ0n) is 11.7. The van der Waals surface area contributed by atoms with Crippen molar-refractivity contribution in [3.8, 4) is 0 Å². The molecular formula is C12H28O6. The van der Waals surface area contributed by atoms with Crippen LogP contribution >= 0.6 is 0 Å². The van der Waals surface area contributed by atoms with Crippen LogP contribution in [0.15, 0.2) is 29.1 Å². The van der Waals surface area contributed by atoms with Gasteiger partial charge < -0.3 is 29.6 Å². The molecule has 2 rings (SSSR count). The molecule has 1 aliphatic rings. The number of furan rings is 1. The molecule has 0 saturated carbocycles. The number of hydrogen-bond donors (Lipinski definition) is 4. The Kier molecular flexibility index (Phi) is 63.6. The van der Waals surface area contributed by atoms with Crippen LogP contribution in [-0.2, 0) is 4.74 Å². The first-order chi connectivity index (χ1) is 9.00. The minimum Gasteiger partial charge on any atom is -0.473 e. The summed E-state index contributed by atoms with van der Waals surface area (Å²) in [7, 11) is 4.00. The minimum absolute atomic E-state index is 1.00. The van der Waals surface area contributed by atoms with Crippen molar-refractivity contribution in [3.63, 3.8) is 0 Å². The molecule has 1 fully saturated rings. The SMILES string of the molecule is C1CCOC1.CO.CO.CO.CO.c1ccoc1. The number of aliphatic hydroxyl groups excluding tert-OH is 4. The van der Waals surface area contributed by atoms with Crippen LogP contribution in [0.5, 0.6) is 0 Å². The highest BCUT2D eigenvalue weighted by atomic mass is 16.5. The fourth-order valence-corrected chi connectivity index (χ4v) is 0.737. The van der Waals surface area contributed by atoms with Crippen molar-refractivity contribution >= 4 is 0 Å². The van der Waals surface area contributed by atoms with E-state index in [1.165, 1.54) is 12.8 Å². The van der Waals surface area contributed by atoms with Crippen LogP contribution in [-0.4, -0.2) is 62.1 Å². The monoisotopic (exact) mass is 268 g/mol. The fourth-order valence-electron chi connectivity index (χ4n) is 0.737. The van der Waals surface area contributed by atoms with Crippen LogP contribution in [0, 0.1) is 0 Å². The van der Waals surface area contributed by atoms with Crippen LogP contribution in [0.4, 0.5) is 0 Å². The second-order valence-corrected chi connectivity index (χ2v) is 2.11. The summed E-state index contributed by atoms with van der Waals surface area (Å²) in [6, 6.07) is 3.67. The van der Waals surface area contributed by atoms with Crippen LogP contribution in [0.2, 0.25) is 0 Å². The molecule has 18 heavy (non-hydrogen) atoms. The lowest BCUT2D eigenvalue weighted by Crippen LogP contribution is -1.74. The van der Waals surface area contributed by atoms with Crippen LogP contribution < -0.4 is 0 Å². The first-order valence-corrected chi connectivity index (χ1v) is 5.34. The summed E-state index contributed by atoms with van der Waals surface area (Å²) < 4.78 is 9.53. The Bertz CT molecular complexity index is 115. The first kappa shape index (κ1) is 25.8. The molecule has 4 N–H and O–H groups in total. The second-order valence-electron chi connectivity index (χ2n) is 2.11. The quantitative estimate of drug-likeness (QED) is 0.546. The van der Waals surface area contributed by atoms with Gasteiger partial charge in [0.25, 0.3) is 0 Å². The van der Waals surface area contributed by atoms with E-state index in [0.717, 1.165) is 41.7 Å². The smallest absolute Gasteiger partial charge is 0.0902 e. The predicted molar refractivity (Wildman–Crippen MR) is 71.3 cm³/mol. The summed E-state index contributed by atoms with van der Waals surface area (Å²) in [4.78, 5) is 0. The molecule has 0 amide bonds. The molecule has 0 unspecified atom stereocenters. The third-order valence-electron chi connectivity index (χ3n) is 1.25. The van der Waals surface area contributed by atoms with E-state index in [1.807, 2.05) is 12.1 Å². The molecule has 0 bridgehead atoms. The molecule has 0 radical (unpaired) electrons. The molecule has 0 aliphatic carbocycles. The van der Waals surface area contributed by atoms with Crippen LogP contribution in [0.3, 0.4) is 0 Å². The molecule has 2 heterocycles. The molecule has 1 aromatic rings. The topological polar surface area (TPSA) is 103 Å². The van der Waals surface area contributed by atoms with Gasteiger partial charge in [0.1, 0.15) is 0 Å². The van der Waals surface area contributed by atoms with Gasteiger partial charge >= 0.3 is 0 Å². The van der Waals surface area contributed by atoms with E-state index in [1.54, 1.807) is 12.5 Å². The highest BCUT2D eigenvalue weighted by molar-refractivity contribution is 4.79. The van der Waals surface area contributed by atoms with Crippen molar-refractivity contribution in [3.05, 3.63) is 24.7 Å². The molecule has 0 atom stereocenters. The van der Waals surface area contributed by atoms with Gasteiger partial charge in [0, 0.05) is 41.7 Å². The van der Waals surface area contributed by atoms with Gasteiger partial charge in [-0.25, -0.2) is 0 Å². The Morgan fingerprint density at radius 1 is 0.667 bits per heavy atom. The average Bonchev–Trinajstić information content (AvgIpc) is 3.25. The molecule has 1 saturated heterocycles. The van der Waals surface area contributed by atoms with Crippen molar-refractivity contribution in [1.82, 2.24) is 0 Å². The summed E-state index contributed by atoms with van der Waals surface area (Å²) in [5.41, 5.74) is 0. The van der Waals surface area contributed by atoms with E-state index < -0.39 is 0 Å². The molecule has 0 spiro atoms. The first-order valence-electron chi connectivity index (χ1n) is 5.34. The van der Waals surface area contributed by atoms with Gasteiger partial charge in [0.2, 0.25) is 0 Å². The summed E-state index contributed by atoms with van der Waals surface area (Å²) >= 11 is 0. The van der Waals surface area contributed by atoms with Gasteiger partial charge in [0.15, 0.2) is 0 Å². The Hall–Kier alpha value is -0.920. The van der Waals surface area contributed by atoms with E-state index >= 15 is 0 Å². The van der Waals surface area contributed by atoms with E-state index in [4.69, 9.17) is 25.2 Å². The van der Waals surface area contributed by atoms with Gasteiger partial charge in [-0.3, -0.25) is 0 Å². The molecule has 6 heteroatoms. The maximum atomic E-state index is 7.00. The summed E-state index contributed by atoms with van der Waals surface area (Å²) in [6.07, 6.45) is 5.81. The van der Waals surface area contributed by atoms with Gasteiger partial charge in [-0.1, -0.05) is 0 Å². The zero-order valence-corrected chi connectivity index (χ0v) is 11.7. The highest BCUT2D eigenvalue weighted by Crippen LogP contribution is 1.98. The number of ether oxygens (including phenoxy) is 1. The van der Waals surface area contributed by atoms with Crippen LogP contribution in [0.25, 0.3) is 0 Å². The zero-order chi connectivity index (χ0) is 15.1. The maximum Gasteiger partial charge on any atom is 0.0902 e. The Morgan fingerprint density at radius 2 is 1.00 bits per heavy atom. The van der Waals surface area contributed by atoms with Gasteiger partial charge in [-0.15, -0.1) is 0 Å². The van der Waals surface area contributed by atoms with E-state index in [0.29, 0.717) is 0 Å². The predicted octanol–water partition coefficient (Wildman–Crippen LogP) is 0.510. The largest absolute Gasteiger partial charge is 0.473 e. The van der Waals surface area contributed by atoms with E-state index in [-0.39, 0.29) is 0 Å². The second kappa shape index (κ2) is 44.4. The molecule has 6 nitrogen and oxygen atoms in total. The highest BCUT2D eigenvalue weighted by Gasteiger charge is 1.94. The standard InChI is InChI=1S/C4H8O.C4H4O.4CH4O/c2*1-2-4-5-3-1;4*1-2/h1-4H2;1-4H;4*2H,1H3. The molecular weight excluding hydrogens is 240 g/mol. The van der Waals surface area contributed by atoms with Crippen molar-refractivity contribution in [1.29, 1.82) is 0 Å². The average molecular weight is 268 g/mol. The van der Waals surface area contributed by atoms with E-state index in [9.17, 15) is 0 Å². The van der Waals surface area contributed by atoms with E-state index in [2.05, 4.69) is 4.42 Å². The van der Waals surface area contributed by atoms with Crippen molar-refractivity contribution < 1.29 is 29.6 Å². The van der Waals surface area contributed by atoms with Gasteiger partial charge in [0.05, 0.1) is 12.5 Å². The minimum atomic E-state index is 1.00. The summed E-state index contributed by atoms with van der Waals surface area (Å²) in [6.45, 7) is 2.00. The Morgan fingerprint density at radius 3 is 1.11 bits per heavy atom. The maximum absolute atomic E-state index is 7.00. The Balaban J connectivity index is -0.0000000713. The van der Waals surface area contributed by atoms with Gasteiger partial charge in [-0.05, 0) is 25.0 Å². The van der Waals surface area contributed by atoms with Crippen molar-refractivity contribution in [2.75, 3.05) is 41.7 Å². The lowest BCUT2D eigenvalue weighted by molar-refractivity contribution is 0.198. The van der Waals surface area contributed by atoms with Crippen molar-refractivity contribution in [2.45, 2.75) is 12.8 Å². The molecule has 0 aromatic carbocycles. The lowest BCUT2D eigenvalue weighted by Gasteiger charge is -1.76. The van der Waals surface area contributed by atoms with Crippen LogP contribution in [0.1, 0.15) is 12.8 Å². The van der Waals surface area contributed by atoms with Gasteiger partial charge in [-0.2, -0.15) is 0 Å².